The van der Waals surface area contributed by atoms with Crippen molar-refractivity contribution >= 4 is 6.09 Å². The summed E-state index contributed by atoms with van der Waals surface area (Å²) in [5.41, 5.74) is -0.458. The Labute approximate surface area is 124 Å². The van der Waals surface area contributed by atoms with Crippen molar-refractivity contribution in [3.8, 4) is 0 Å². The highest BCUT2D eigenvalue weighted by molar-refractivity contribution is 5.68. The van der Waals surface area contributed by atoms with E-state index in [2.05, 4.69) is 12.2 Å². The van der Waals surface area contributed by atoms with Crippen LogP contribution in [0.25, 0.3) is 0 Å². The Bertz CT molecular complexity index is 275. The Kier molecular flexibility index (Phi) is 8.81. The Morgan fingerprint density at radius 3 is 2.30 bits per heavy atom. The van der Waals surface area contributed by atoms with Crippen LogP contribution in [-0.2, 0) is 9.47 Å². The molecule has 1 amide bonds. The molecule has 1 N–H and O–H groups in total. The predicted molar refractivity (Wildman–Crippen MR) is 82.0 cm³/mol. The van der Waals surface area contributed by atoms with Gasteiger partial charge in [-0.25, -0.2) is 4.79 Å². The van der Waals surface area contributed by atoms with Crippen molar-refractivity contribution < 1.29 is 14.3 Å². The van der Waals surface area contributed by atoms with Crippen LogP contribution in [0.2, 0.25) is 0 Å². The molecule has 0 aromatic rings. The van der Waals surface area contributed by atoms with Crippen molar-refractivity contribution in [1.29, 1.82) is 0 Å². The van der Waals surface area contributed by atoms with Gasteiger partial charge in [0, 0.05) is 31.8 Å². The van der Waals surface area contributed by atoms with Gasteiger partial charge in [0.15, 0.2) is 0 Å². The molecule has 0 rings (SSSR count). The highest BCUT2D eigenvalue weighted by Gasteiger charge is 2.23. The van der Waals surface area contributed by atoms with Gasteiger partial charge in [-0.3, -0.25) is 0 Å². The van der Waals surface area contributed by atoms with Crippen LogP contribution in [0, 0.1) is 0 Å². The fraction of sp³-hybridized carbons (Fsp3) is 0.933. The van der Waals surface area contributed by atoms with Gasteiger partial charge in [0.2, 0.25) is 0 Å². The van der Waals surface area contributed by atoms with Gasteiger partial charge in [-0.15, -0.1) is 0 Å². The van der Waals surface area contributed by atoms with Gasteiger partial charge in [0.05, 0.1) is 6.61 Å². The minimum atomic E-state index is -0.458. The monoisotopic (exact) mass is 288 g/mol. The van der Waals surface area contributed by atoms with Gasteiger partial charge in [-0.1, -0.05) is 0 Å². The van der Waals surface area contributed by atoms with E-state index in [0.717, 1.165) is 13.2 Å². The summed E-state index contributed by atoms with van der Waals surface area (Å²) in [5, 5.41) is 3.35. The third kappa shape index (κ3) is 9.15. The quantitative estimate of drug-likeness (QED) is 0.746. The van der Waals surface area contributed by atoms with Gasteiger partial charge >= 0.3 is 6.09 Å². The number of carbonyl (C=O) groups is 1. The number of nitrogens with zero attached hydrogens (tertiary/aromatic N) is 1. The topological polar surface area (TPSA) is 50.8 Å². The molecule has 0 fully saturated rings. The van der Waals surface area contributed by atoms with E-state index in [-0.39, 0.29) is 18.2 Å². The van der Waals surface area contributed by atoms with Crippen LogP contribution in [0.1, 0.15) is 48.5 Å². The SMILES string of the molecule is CCOCC(C)NCCN(C(=O)OC(C)(C)C)C(C)C. The summed E-state index contributed by atoms with van der Waals surface area (Å²) in [6.45, 7) is 16.4. The largest absolute Gasteiger partial charge is 0.444 e. The Hall–Kier alpha value is -0.810. The number of ether oxygens (including phenoxy) is 2. The summed E-state index contributed by atoms with van der Waals surface area (Å²) in [6, 6.07) is 0.399. The molecule has 20 heavy (non-hydrogen) atoms. The van der Waals surface area contributed by atoms with Crippen molar-refractivity contribution in [2.75, 3.05) is 26.3 Å². The maximum Gasteiger partial charge on any atom is 0.410 e. The van der Waals surface area contributed by atoms with Crippen molar-refractivity contribution in [2.24, 2.45) is 0 Å². The second-order valence-corrected chi connectivity index (χ2v) is 6.28. The zero-order valence-electron chi connectivity index (χ0n) is 14.2. The zero-order valence-corrected chi connectivity index (χ0v) is 14.2. The van der Waals surface area contributed by atoms with E-state index in [1.807, 2.05) is 41.5 Å². The van der Waals surface area contributed by atoms with Gasteiger partial charge in [0.25, 0.3) is 0 Å². The highest BCUT2D eigenvalue weighted by Crippen LogP contribution is 2.11. The number of hydrogen-bond donors (Lipinski definition) is 1. The van der Waals surface area contributed by atoms with Crippen LogP contribution in [-0.4, -0.2) is 55.0 Å². The molecule has 0 saturated carbocycles. The molecule has 0 saturated heterocycles. The molecule has 0 spiro atoms. The molecule has 0 aliphatic carbocycles. The lowest BCUT2D eigenvalue weighted by Crippen LogP contribution is -2.45. The maximum absolute atomic E-state index is 12.1. The number of hydrogen-bond acceptors (Lipinski definition) is 4. The summed E-state index contributed by atoms with van der Waals surface area (Å²) in [4.78, 5) is 13.8. The lowest BCUT2D eigenvalue weighted by molar-refractivity contribution is 0.0190. The average Bonchev–Trinajstić information content (AvgIpc) is 2.29. The normalized spacial score (nSPS) is 13.4. The van der Waals surface area contributed by atoms with Crippen LogP contribution >= 0.6 is 0 Å². The minimum absolute atomic E-state index is 0.119. The molecule has 5 heteroatoms. The summed E-state index contributed by atoms with van der Waals surface area (Å²) in [5.74, 6) is 0. The first-order valence-electron chi connectivity index (χ1n) is 7.48. The lowest BCUT2D eigenvalue weighted by atomic mass is 10.2. The van der Waals surface area contributed by atoms with Crippen LogP contribution in [0.5, 0.6) is 0 Å². The van der Waals surface area contributed by atoms with E-state index < -0.39 is 5.60 Å². The van der Waals surface area contributed by atoms with E-state index in [4.69, 9.17) is 9.47 Å². The minimum Gasteiger partial charge on any atom is -0.444 e. The van der Waals surface area contributed by atoms with Crippen LogP contribution < -0.4 is 5.32 Å². The third-order valence-corrected chi connectivity index (χ3v) is 2.67. The zero-order chi connectivity index (χ0) is 15.8. The molecular formula is C15H32N2O3. The first-order chi connectivity index (χ1) is 9.17. The van der Waals surface area contributed by atoms with Gasteiger partial charge in [-0.05, 0) is 48.5 Å². The second-order valence-electron chi connectivity index (χ2n) is 6.28. The van der Waals surface area contributed by atoms with Gasteiger partial charge in [-0.2, -0.15) is 0 Å². The average molecular weight is 288 g/mol. The first-order valence-corrected chi connectivity index (χ1v) is 7.48. The summed E-state index contributed by atoms with van der Waals surface area (Å²) >= 11 is 0. The second kappa shape index (κ2) is 9.19. The fourth-order valence-corrected chi connectivity index (χ4v) is 1.67. The van der Waals surface area contributed by atoms with E-state index in [9.17, 15) is 4.79 Å². The van der Waals surface area contributed by atoms with Crippen molar-refractivity contribution in [3.63, 3.8) is 0 Å². The molecule has 1 unspecified atom stereocenters. The first kappa shape index (κ1) is 19.2. The maximum atomic E-state index is 12.1. The molecule has 0 aromatic heterocycles. The summed E-state index contributed by atoms with van der Waals surface area (Å²) < 4.78 is 10.8. The predicted octanol–water partition coefficient (Wildman–Crippen LogP) is 2.65. The van der Waals surface area contributed by atoms with E-state index in [0.29, 0.717) is 13.2 Å². The van der Waals surface area contributed by atoms with E-state index in [1.54, 1.807) is 4.90 Å². The molecule has 0 heterocycles. The standard InChI is InChI=1S/C15H32N2O3/c1-8-19-11-13(4)16-9-10-17(12(2)3)14(18)20-15(5,6)7/h12-13,16H,8-11H2,1-7H3. The van der Waals surface area contributed by atoms with E-state index in [1.165, 1.54) is 0 Å². The van der Waals surface area contributed by atoms with Crippen molar-refractivity contribution in [3.05, 3.63) is 0 Å². The van der Waals surface area contributed by atoms with Gasteiger partial charge < -0.3 is 19.7 Å². The molecule has 5 nitrogen and oxygen atoms in total. The molecule has 0 aliphatic rings. The number of amides is 1. The van der Waals surface area contributed by atoms with Crippen LogP contribution in [0.15, 0.2) is 0 Å². The van der Waals surface area contributed by atoms with E-state index >= 15 is 0 Å². The Morgan fingerprint density at radius 1 is 1.25 bits per heavy atom. The summed E-state index contributed by atoms with van der Waals surface area (Å²) in [7, 11) is 0. The van der Waals surface area contributed by atoms with Gasteiger partial charge in [0.1, 0.15) is 5.60 Å². The molecule has 0 aliphatic heterocycles. The van der Waals surface area contributed by atoms with Crippen molar-refractivity contribution in [1.82, 2.24) is 10.2 Å². The fourth-order valence-electron chi connectivity index (χ4n) is 1.67. The van der Waals surface area contributed by atoms with Crippen molar-refractivity contribution in [2.45, 2.75) is 66.2 Å². The van der Waals surface area contributed by atoms with Crippen LogP contribution in [0.4, 0.5) is 4.79 Å². The smallest absolute Gasteiger partial charge is 0.410 e. The number of nitrogens with one attached hydrogen (secondary N) is 1. The Balaban J connectivity index is 4.19. The molecule has 0 aromatic carbocycles. The number of carbonyl (C=O) groups excluding carboxylic acids is 1. The Morgan fingerprint density at radius 2 is 1.85 bits per heavy atom. The molecule has 1 atom stereocenters. The lowest BCUT2D eigenvalue weighted by Gasteiger charge is -2.30. The molecule has 0 bridgehead atoms. The summed E-state index contributed by atoms with van der Waals surface area (Å²) in [6.07, 6.45) is -0.258. The third-order valence-electron chi connectivity index (χ3n) is 2.67. The highest BCUT2D eigenvalue weighted by atomic mass is 16.6. The molecule has 0 radical (unpaired) electrons. The number of rotatable bonds is 8. The molecule has 120 valence electrons. The molecular weight excluding hydrogens is 256 g/mol. The van der Waals surface area contributed by atoms with Crippen LogP contribution in [0.3, 0.4) is 0 Å².